The molecular formula is C14H14BrN3S. The van der Waals surface area contributed by atoms with E-state index in [9.17, 15) is 0 Å². The second kappa shape index (κ2) is 5.67. The van der Waals surface area contributed by atoms with Crippen LogP contribution in [0.1, 0.15) is 16.8 Å². The summed E-state index contributed by atoms with van der Waals surface area (Å²) in [5.74, 6) is 0.679. The van der Waals surface area contributed by atoms with Crippen LogP contribution >= 0.6 is 28.1 Å². The van der Waals surface area contributed by atoms with E-state index < -0.39 is 0 Å². The van der Waals surface area contributed by atoms with E-state index in [2.05, 4.69) is 26.2 Å². The van der Waals surface area contributed by atoms with Gasteiger partial charge in [-0.3, -0.25) is 0 Å². The number of aryl methyl sites for hydroxylation is 2. The van der Waals surface area contributed by atoms with E-state index in [1.54, 1.807) is 0 Å². The number of halogens is 1. The molecule has 0 radical (unpaired) electrons. The van der Waals surface area contributed by atoms with E-state index in [1.165, 1.54) is 0 Å². The number of hydrogen-bond acceptors (Lipinski definition) is 3. The van der Waals surface area contributed by atoms with Gasteiger partial charge in [0.2, 0.25) is 0 Å². The molecule has 0 bridgehead atoms. The van der Waals surface area contributed by atoms with Gasteiger partial charge >= 0.3 is 0 Å². The summed E-state index contributed by atoms with van der Waals surface area (Å²) in [6, 6.07) is 9.85. The zero-order valence-electron chi connectivity index (χ0n) is 10.7. The number of rotatable bonds is 3. The van der Waals surface area contributed by atoms with Gasteiger partial charge in [-0.15, -0.1) is 0 Å². The van der Waals surface area contributed by atoms with Crippen molar-refractivity contribution in [1.82, 2.24) is 4.98 Å². The molecule has 0 fully saturated rings. The SMILES string of the molecule is Cc1ccc(Br)c(Nc2nc(C)ccc2C(N)=S)c1. The van der Waals surface area contributed by atoms with Gasteiger partial charge in [0.15, 0.2) is 0 Å². The van der Waals surface area contributed by atoms with E-state index in [0.29, 0.717) is 10.8 Å². The molecule has 2 aromatic rings. The van der Waals surface area contributed by atoms with Gasteiger partial charge in [0, 0.05) is 10.2 Å². The number of nitrogens with two attached hydrogens (primary N) is 1. The highest BCUT2D eigenvalue weighted by atomic mass is 79.9. The molecule has 0 aliphatic rings. The Kier molecular flexibility index (Phi) is 4.17. The summed E-state index contributed by atoms with van der Waals surface area (Å²) in [4.78, 5) is 4.79. The topological polar surface area (TPSA) is 50.9 Å². The van der Waals surface area contributed by atoms with Crippen LogP contribution in [0, 0.1) is 13.8 Å². The smallest absolute Gasteiger partial charge is 0.140 e. The van der Waals surface area contributed by atoms with Crippen molar-refractivity contribution in [3.05, 3.63) is 51.6 Å². The minimum absolute atomic E-state index is 0.332. The summed E-state index contributed by atoms with van der Waals surface area (Å²) in [6.45, 7) is 3.97. The molecule has 5 heteroatoms. The van der Waals surface area contributed by atoms with Crippen LogP contribution in [0.3, 0.4) is 0 Å². The fourth-order valence-electron chi connectivity index (χ4n) is 1.71. The number of thiocarbonyl (C=S) groups is 1. The lowest BCUT2D eigenvalue weighted by molar-refractivity contribution is 1.19. The zero-order valence-corrected chi connectivity index (χ0v) is 13.1. The number of nitrogens with one attached hydrogen (secondary N) is 1. The zero-order chi connectivity index (χ0) is 14.0. The molecule has 98 valence electrons. The van der Waals surface area contributed by atoms with Crippen LogP contribution < -0.4 is 11.1 Å². The summed E-state index contributed by atoms with van der Waals surface area (Å²) in [5, 5.41) is 3.28. The Bertz CT molecular complexity index is 641. The highest BCUT2D eigenvalue weighted by molar-refractivity contribution is 9.10. The number of benzene rings is 1. The Hall–Kier alpha value is -1.46. The Morgan fingerprint density at radius 1 is 1.26 bits per heavy atom. The summed E-state index contributed by atoms with van der Waals surface area (Å²) < 4.78 is 0.968. The van der Waals surface area contributed by atoms with E-state index in [1.807, 2.05) is 44.2 Å². The molecular weight excluding hydrogens is 322 g/mol. The molecule has 0 aliphatic carbocycles. The largest absolute Gasteiger partial charge is 0.389 e. The van der Waals surface area contributed by atoms with E-state index in [-0.39, 0.29) is 0 Å². The quantitative estimate of drug-likeness (QED) is 0.836. The Balaban J connectivity index is 2.45. The summed E-state index contributed by atoms with van der Waals surface area (Å²) in [7, 11) is 0. The third kappa shape index (κ3) is 3.30. The van der Waals surface area contributed by atoms with Gasteiger partial charge in [0.05, 0.1) is 11.3 Å². The van der Waals surface area contributed by atoms with Gasteiger partial charge in [0.1, 0.15) is 10.8 Å². The molecule has 0 unspecified atom stereocenters. The average molecular weight is 336 g/mol. The van der Waals surface area contributed by atoms with Crippen molar-refractivity contribution in [2.45, 2.75) is 13.8 Å². The normalized spacial score (nSPS) is 10.3. The number of pyridine rings is 1. The Labute approximate surface area is 126 Å². The van der Waals surface area contributed by atoms with Crippen molar-refractivity contribution in [2.75, 3.05) is 5.32 Å². The molecule has 2 rings (SSSR count). The van der Waals surface area contributed by atoms with Crippen LogP contribution in [-0.2, 0) is 0 Å². The number of anilines is 2. The van der Waals surface area contributed by atoms with Crippen molar-refractivity contribution < 1.29 is 0 Å². The minimum Gasteiger partial charge on any atom is -0.389 e. The van der Waals surface area contributed by atoms with Crippen LogP contribution in [0.25, 0.3) is 0 Å². The lowest BCUT2D eigenvalue weighted by atomic mass is 10.2. The molecule has 0 amide bonds. The molecule has 0 saturated carbocycles. The van der Waals surface area contributed by atoms with Gasteiger partial charge in [-0.05, 0) is 59.6 Å². The maximum absolute atomic E-state index is 5.73. The first-order chi connectivity index (χ1) is 8.97. The van der Waals surface area contributed by atoms with Crippen LogP contribution in [0.15, 0.2) is 34.8 Å². The lowest BCUT2D eigenvalue weighted by Gasteiger charge is -2.13. The van der Waals surface area contributed by atoms with Crippen molar-refractivity contribution in [1.29, 1.82) is 0 Å². The first-order valence-corrected chi connectivity index (χ1v) is 6.98. The van der Waals surface area contributed by atoms with Crippen molar-refractivity contribution in [2.24, 2.45) is 5.73 Å². The third-order valence-electron chi connectivity index (χ3n) is 2.67. The molecule has 1 heterocycles. The molecule has 0 saturated heterocycles. The molecule has 1 aromatic carbocycles. The van der Waals surface area contributed by atoms with Crippen molar-refractivity contribution in [3.63, 3.8) is 0 Å². The molecule has 0 spiro atoms. The van der Waals surface area contributed by atoms with E-state index >= 15 is 0 Å². The van der Waals surface area contributed by atoms with Gasteiger partial charge in [-0.25, -0.2) is 4.98 Å². The highest BCUT2D eigenvalue weighted by Crippen LogP contribution is 2.27. The molecule has 0 aliphatic heterocycles. The second-order valence-corrected chi connectivity index (χ2v) is 5.62. The number of nitrogens with zero attached hydrogens (tertiary/aromatic N) is 1. The predicted octanol–water partition coefficient (Wildman–Crippen LogP) is 3.84. The lowest BCUT2D eigenvalue weighted by Crippen LogP contribution is -2.13. The molecule has 3 N–H and O–H groups in total. The number of hydrogen-bond donors (Lipinski definition) is 2. The first kappa shape index (κ1) is 14.0. The standard InChI is InChI=1S/C14H14BrN3S/c1-8-3-6-11(15)12(7-8)18-14-10(13(16)19)5-4-9(2)17-14/h3-7H,1-2H3,(H2,16,19)(H,17,18). The summed E-state index contributed by atoms with van der Waals surface area (Å²) >= 11 is 8.57. The maximum Gasteiger partial charge on any atom is 0.140 e. The highest BCUT2D eigenvalue weighted by Gasteiger charge is 2.09. The van der Waals surface area contributed by atoms with Crippen LogP contribution in [0.4, 0.5) is 11.5 Å². The Morgan fingerprint density at radius 3 is 2.68 bits per heavy atom. The van der Waals surface area contributed by atoms with Gasteiger partial charge in [-0.1, -0.05) is 18.3 Å². The van der Waals surface area contributed by atoms with Gasteiger partial charge in [-0.2, -0.15) is 0 Å². The molecule has 1 aromatic heterocycles. The maximum atomic E-state index is 5.73. The molecule has 3 nitrogen and oxygen atoms in total. The minimum atomic E-state index is 0.332. The first-order valence-electron chi connectivity index (χ1n) is 5.78. The monoisotopic (exact) mass is 335 g/mol. The molecule has 19 heavy (non-hydrogen) atoms. The molecule has 0 atom stereocenters. The third-order valence-corrected chi connectivity index (χ3v) is 3.59. The summed E-state index contributed by atoms with van der Waals surface area (Å²) in [5.41, 5.74) is 9.48. The second-order valence-electron chi connectivity index (χ2n) is 4.32. The van der Waals surface area contributed by atoms with Gasteiger partial charge < -0.3 is 11.1 Å². The van der Waals surface area contributed by atoms with Crippen molar-refractivity contribution in [3.8, 4) is 0 Å². The summed E-state index contributed by atoms with van der Waals surface area (Å²) in [6.07, 6.45) is 0. The van der Waals surface area contributed by atoms with Crippen LogP contribution in [-0.4, -0.2) is 9.97 Å². The fraction of sp³-hybridized carbons (Fsp3) is 0.143. The van der Waals surface area contributed by atoms with E-state index in [4.69, 9.17) is 18.0 Å². The Morgan fingerprint density at radius 2 is 2.00 bits per heavy atom. The van der Waals surface area contributed by atoms with Crippen LogP contribution in [0.2, 0.25) is 0 Å². The predicted molar refractivity (Wildman–Crippen MR) is 87.0 cm³/mol. The van der Waals surface area contributed by atoms with Gasteiger partial charge in [0.25, 0.3) is 0 Å². The fourth-order valence-corrected chi connectivity index (χ4v) is 2.22. The van der Waals surface area contributed by atoms with E-state index in [0.717, 1.165) is 27.0 Å². The van der Waals surface area contributed by atoms with Crippen LogP contribution in [0.5, 0.6) is 0 Å². The van der Waals surface area contributed by atoms with Crippen molar-refractivity contribution >= 4 is 44.6 Å². The average Bonchev–Trinajstić information content (AvgIpc) is 2.33. The number of aromatic nitrogens is 1.